The van der Waals surface area contributed by atoms with E-state index in [0.717, 1.165) is 32.3 Å². The highest BCUT2D eigenvalue weighted by molar-refractivity contribution is 6.01. The molecule has 0 aliphatic carbocycles. The summed E-state index contributed by atoms with van der Waals surface area (Å²) < 4.78 is 27.3. The van der Waals surface area contributed by atoms with E-state index in [-0.39, 0.29) is 36.3 Å². The first-order chi connectivity index (χ1) is 16.0. The standard InChI is InChI=1S/C25H32FN3O4/c1-15-6-9-21(24(30)27-15)29-13-19-18(25(29)31)8-7-16(23(19)26)12-22-20(5-3-11-33-22)28-17-4-2-10-32-14-17/h7-8,17,20-22,28H,1-6,9-14H2,(H,27,30)/t17?,20-,21?,22+/m0/s1. The van der Waals surface area contributed by atoms with E-state index in [1.165, 1.54) is 4.90 Å². The Kier molecular flexibility index (Phi) is 6.49. The molecule has 33 heavy (non-hydrogen) atoms. The third-order valence-electron chi connectivity index (χ3n) is 7.31. The first kappa shape index (κ1) is 22.5. The molecule has 3 fully saturated rings. The van der Waals surface area contributed by atoms with E-state index in [0.29, 0.717) is 60.9 Å². The molecular weight excluding hydrogens is 425 g/mol. The Morgan fingerprint density at radius 1 is 1.18 bits per heavy atom. The van der Waals surface area contributed by atoms with Gasteiger partial charge < -0.3 is 25.0 Å². The number of nitrogens with one attached hydrogen (secondary N) is 2. The van der Waals surface area contributed by atoms with Gasteiger partial charge in [-0.2, -0.15) is 0 Å². The molecule has 178 valence electrons. The molecule has 0 aromatic heterocycles. The summed E-state index contributed by atoms with van der Waals surface area (Å²) in [5, 5.41) is 6.40. The van der Waals surface area contributed by atoms with Crippen molar-refractivity contribution in [3.63, 3.8) is 0 Å². The number of fused-ring (bicyclic) bond motifs is 1. The monoisotopic (exact) mass is 457 g/mol. The van der Waals surface area contributed by atoms with Crippen molar-refractivity contribution in [2.75, 3.05) is 19.8 Å². The topological polar surface area (TPSA) is 79.9 Å². The van der Waals surface area contributed by atoms with Crippen LogP contribution in [-0.2, 0) is 27.2 Å². The van der Waals surface area contributed by atoms with Crippen molar-refractivity contribution in [1.82, 2.24) is 15.5 Å². The van der Waals surface area contributed by atoms with Gasteiger partial charge in [0, 0.05) is 48.5 Å². The number of benzene rings is 1. The molecule has 4 aliphatic heterocycles. The van der Waals surface area contributed by atoms with Crippen LogP contribution in [0.25, 0.3) is 0 Å². The lowest BCUT2D eigenvalue weighted by molar-refractivity contribution is -0.126. The maximum Gasteiger partial charge on any atom is 0.255 e. The number of amides is 2. The molecule has 0 spiro atoms. The minimum Gasteiger partial charge on any atom is -0.380 e. The molecule has 4 heterocycles. The summed E-state index contributed by atoms with van der Waals surface area (Å²) in [5.74, 6) is -0.879. The molecule has 0 bridgehead atoms. The second-order valence-corrected chi connectivity index (χ2v) is 9.59. The Morgan fingerprint density at radius 3 is 2.82 bits per heavy atom. The van der Waals surface area contributed by atoms with Crippen LogP contribution in [0.5, 0.6) is 0 Å². The minimum atomic E-state index is -0.591. The van der Waals surface area contributed by atoms with Gasteiger partial charge >= 0.3 is 0 Å². The predicted molar refractivity (Wildman–Crippen MR) is 120 cm³/mol. The molecule has 1 aromatic rings. The minimum absolute atomic E-state index is 0.116. The van der Waals surface area contributed by atoms with Crippen LogP contribution in [0.15, 0.2) is 24.4 Å². The molecule has 0 saturated carbocycles. The van der Waals surface area contributed by atoms with Crippen molar-refractivity contribution in [1.29, 1.82) is 0 Å². The molecule has 5 rings (SSSR count). The maximum atomic E-state index is 15.6. The van der Waals surface area contributed by atoms with Gasteiger partial charge in [0.2, 0.25) is 5.91 Å². The summed E-state index contributed by atoms with van der Waals surface area (Å²) >= 11 is 0. The van der Waals surface area contributed by atoms with E-state index >= 15 is 4.39 Å². The number of carbonyl (C=O) groups excluding carboxylic acids is 2. The van der Waals surface area contributed by atoms with Crippen LogP contribution in [0.3, 0.4) is 0 Å². The number of rotatable bonds is 5. The Bertz CT molecular complexity index is 946. The number of carbonyl (C=O) groups is 2. The Hall–Kier alpha value is -2.29. The summed E-state index contributed by atoms with van der Waals surface area (Å²) in [6.45, 7) is 6.10. The molecular formula is C25H32FN3O4. The second-order valence-electron chi connectivity index (χ2n) is 9.59. The van der Waals surface area contributed by atoms with Crippen molar-refractivity contribution in [2.24, 2.45) is 0 Å². The van der Waals surface area contributed by atoms with E-state index in [2.05, 4.69) is 17.2 Å². The van der Waals surface area contributed by atoms with E-state index in [1.54, 1.807) is 12.1 Å². The third-order valence-corrected chi connectivity index (χ3v) is 7.31. The average molecular weight is 458 g/mol. The highest BCUT2D eigenvalue weighted by Crippen LogP contribution is 2.32. The maximum absolute atomic E-state index is 15.6. The molecule has 0 radical (unpaired) electrons. The molecule has 2 amide bonds. The molecule has 4 aliphatic rings. The van der Waals surface area contributed by atoms with Gasteiger partial charge in [-0.1, -0.05) is 12.6 Å². The summed E-state index contributed by atoms with van der Waals surface area (Å²) in [7, 11) is 0. The Balaban J connectivity index is 1.30. The number of piperidine rings is 1. The first-order valence-electron chi connectivity index (χ1n) is 12.1. The highest BCUT2D eigenvalue weighted by atomic mass is 19.1. The van der Waals surface area contributed by atoms with E-state index in [4.69, 9.17) is 9.47 Å². The van der Waals surface area contributed by atoms with Crippen LogP contribution >= 0.6 is 0 Å². The molecule has 3 saturated heterocycles. The van der Waals surface area contributed by atoms with Gasteiger partial charge in [0.05, 0.1) is 19.3 Å². The average Bonchev–Trinajstić information content (AvgIpc) is 3.14. The normalized spacial score (nSPS) is 30.3. The van der Waals surface area contributed by atoms with Gasteiger partial charge in [-0.15, -0.1) is 0 Å². The van der Waals surface area contributed by atoms with Crippen LogP contribution in [0.1, 0.15) is 60.0 Å². The molecule has 2 unspecified atom stereocenters. The number of halogens is 1. The molecule has 2 N–H and O–H groups in total. The number of ether oxygens (including phenoxy) is 2. The largest absolute Gasteiger partial charge is 0.380 e. The highest BCUT2D eigenvalue weighted by Gasteiger charge is 2.40. The summed E-state index contributed by atoms with van der Waals surface area (Å²) in [4.78, 5) is 26.9. The van der Waals surface area contributed by atoms with Gasteiger partial charge in [-0.25, -0.2) is 4.39 Å². The number of nitrogens with zero attached hydrogens (tertiary/aromatic N) is 1. The third kappa shape index (κ3) is 4.56. The number of allylic oxidation sites excluding steroid dienone is 1. The second kappa shape index (κ2) is 9.52. The van der Waals surface area contributed by atoms with Crippen LogP contribution in [0.4, 0.5) is 4.39 Å². The smallest absolute Gasteiger partial charge is 0.255 e. The number of hydrogen-bond donors (Lipinski definition) is 2. The van der Waals surface area contributed by atoms with Crippen molar-refractivity contribution in [2.45, 2.75) is 75.7 Å². The fourth-order valence-electron chi connectivity index (χ4n) is 5.51. The lowest BCUT2D eigenvalue weighted by atomic mass is 9.93. The Labute approximate surface area is 193 Å². The van der Waals surface area contributed by atoms with Gasteiger partial charge in [0.15, 0.2) is 0 Å². The van der Waals surface area contributed by atoms with E-state index in [1.807, 2.05) is 0 Å². The van der Waals surface area contributed by atoms with Crippen molar-refractivity contribution in [3.05, 3.63) is 46.9 Å². The van der Waals surface area contributed by atoms with Gasteiger partial charge in [-0.3, -0.25) is 9.59 Å². The summed E-state index contributed by atoms with van der Waals surface area (Å²) in [6, 6.07) is 3.27. The number of hydrogen-bond acceptors (Lipinski definition) is 5. The fraction of sp³-hybridized carbons (Fsp3) is 0.600. The Morgan fingerprint density at radius 2 is 2.03 bits per heavy atom. The molecule has 8 heteroatoms. The van der Waals surface area contributed by atoms with Crippen LogP contribution < -0.4 is 10.6 Å². The van der Waals surface area contributed by atoms with Gasteiger partial charge in [-0.05, 0) is 50.2 Å². The summed E-state index contributed by atoms with van der Waals surface area (Å²) in [6.07, 6.45) is 5.54. The molecule has 4 atom stereocenters. The van der Waals surface area contributed by atoms with E-state index in [9.17, 15) is 9.59 Å². The zero-order valence-corrected chi connectivity index (χ0v) is 18.9. The summed E-state index contributed by atoms with van der Waals surface area (Å²) in [5.41, 5.74) is 1.95. The zero-order valence-electron chi connectivity index (χ0n) is 18.9. The quantitative estimate of drug-likeness (QED) is 0.710. The predicted octanol–water partition coefficient (Wildman–Crippen LogP) is 2.43. The van der Waals surface area contributed by atoms with Gasteiger partial charge in [0.1, 0.15) is 11.9 Å². The lowest BCUT2D eigenvalue weighted by Crippen LogP contribution is -2.51. The SMILES string of the molecule is C=C1CCC(N2Cc3c(ccc(C[C@H]4OCCC[C@@H]4NC4CCCOC4)c3F)C2=O)C(=O)N1. The fourth-order valence-corrected chi connectivity index (χ4v) is 5.51. The van der Waals surface area contributed by atoms with E-state index < -0.39 is 6.04 Å². The molecule has 1 aromatic carbocycles. The van der Waals surface area contributed by atoms with Crippen molar-refractivity contribution < 1.29 is 23.5 Å². The molecule has 7 nitrogen and oxygen atoms in total. The zero-order chi connectivity index (χ0) is 22.9. The van der Waals surface area contributed by atoms with Crippen molar-refractivity contribution >= 4 is 11.8 Å². The lowest BCUT2D eigenvalue weighted by Gasteiger charge is -2.36. The first-order valence-corrected chi connectivity index (χ1v) is 12.1. The van der Waals surface area contributed by atoms with Crippen molar-refractivity contribution in [3.8, 4) is 0 Å². The van der Waals surface area contributed by atoms with Crippen LogP contribution in [-0.4, -0.2) is 60.8 Å². The van der Waals surface area contributed by atoms with Crippen LogP contribution in [0, 0.1) is 5.82 Å². The van der Waals surface area contributed by atoms with Crippen LogP contribution in [0.2, 0.25) is 0 Å². The van der Waals surface area contributed by atoms with Gasteiger partial charge in [0.25, 0.3) is 5.91 Å².